The number of nitrogens with zero attached hydrogens (tertiary/aromatic N) is 2. The minimum Gasteiger partial charge on any atom is -0.256 e. The van der Waals surface area contributed by atoms with Crippen LogP contribution in [0.2, 0.25) is 0 Å². The molecule has 0 N–H and O–H groups in total. The van der Waals surface area contributed by atoms with Gasteiger partial charge in [-0.1, -0.05) is 24.3 Å². The molecule has 24 heavy (non-hydrogen) atoms. The van der Waals surface area contributed by atoms with Crippen LogP contribution in [-0.2, 0) is 0 Å². The summed E-state index contributed by atoms with van der Waals surface area (Å²) < 4.78 is 26.8. The van der Waals surface area contributed by atoms with E-state index in [9.17, 15) is 8.78 Å². The van der Waals surface area contributed by atoms with Crippen molar-refractivity contribution in [3.8, 4) is 0 Å². The van der Waals surface area contributed by atoms with Gasteiger partial charge in [0.05, 0.1) is 17.4 Å². The van der Waals surface area contributed by atoms with Crippen LogP contribution in [-0.4, -0.2) is 5.71 Å². The first-order valence-corrected chi connectivity index (χ1v) is 8.50. The van der Waals surface area contributed by atoms with Gasteiger partial charge in [-0.25, -0.2) is 8.78 Å². The van der Waals surface area contributed by atoms with Gasteiger partial charge in [-0.3, -0.25) is 5.01 Å². The summed E-state index contributed by atoms with van der Waals surface area (Å²) in [6.07, 6.45) is 0.697. The van der Waals surface area contributed by atoms with Gasteiger partial charge in [0.15, 0.2) is 0 Å². The first-order valence-electron chi connectivity index (χ1n) is 7.62. The van der Waals surface area contributed by atoms with Crippen LogP contribution in [0.15, 0.2) is 71.1 Å². The molecule has 2 heterocycles. The maximum atomic E-state index is 13.6. The molecule has 2 aromatic carbocycles. The Labute approximate surface area is 142 Å². The van der Waals surface area contributed by atoms with Gasteiger partial charge in [-0.05, 0) is 47.3 Å². The van der Waals surface area contributed by atoms with E-state index < -0.39 is 0 Å². The highest BCUT2D eigenvalue weighted by molar-refractivity contribution is 7.10. The lowest BCUT2D eigenvalue weighted by atomic mass is 10.0. The Morgan fingerprint density at radius 2 is 1.79 bits per heavy atom. The lowest BCUT2D eigenvalue weighted by Crippen LogP contribution is -2.17. The summed E-state index contributed by atoms with van der Waals surface area (Å²) in [5, 5.41) is 8.58. The van der Waals surface area contributed by atoms with Crippen molar-refractivity contribution in [3.05, 3.63) is 88.1 Å². The predicted octanol–water partition coefficient (Wildman–Crippen LogP) is 5.38. The summed E-state index contributed by atoms with van der Waals surface area (Å²) in [5.74, 6) is -0.558. The van der Waals surface area contributed by atoms with Crippen LogP contribution in [0.5, 0.6) is 0 Å². The average molecular weight is 340 g/mol. The molecular weight excluding hydrogens is 326 g/mol. The Kier molecular flexibility index (Phi) is 3.86. The summed E-state index contributed by atoms with van der Waals surface area (Å²) in [5.41, 5.74) is 2.47. The summed E-state index contributed by atoms with van der Waals surface area (Å²) in [6.45, 7) is 0. The largest absolute Gasteiger partial charge is 0.256 e. The third-order valence-electron chi connectivity index (χ3n) is 4.03. The molecule has 0 aliphatic carbocycles. The minimum atomic E-state index is -0.289. The highest BCUT2D eigenvalue weighted by atomic mass is 32.1. The molecule has 0 saturated heterocycles. The van der Waals surface area contributed by atoms with E-state index in [-0.39, 0.29) is 17.7 Å². The number of rotatable bonds is 3. The Hall–Kier alpha value is -2.53. The monoisotopic (exact) mass is 340 g/mol. The number of hydrogen-bond acceptors (Lipinski definition) is 3. The van der Waals surface area contributed by atoms with Gasteiger partial charge in [-0.15, -0.1) is 11.3 Å². The third kappa shape index (κ3) is 2.83. The summed E-state index contributed by atoms with van der Waals surface area (Å²) in [7, 11) is 0. The van der Waals surface area contributed by atoms with Crippen molar-refractivity contribution in [3.63, 3.8) is 0 Å². The van der Waals surface area contributed by atoms with Gasteiger partial charge in [0.1, 0.15) is 11.6 Å². The van der Waals surface area contributed by atoms with Crippen molar-refractivity contribution in [1.82, 2.24) is 0 Å². The van der Waals surface area contributed by atoms with E-state index in [0.717, 1.165) is 11.3 Å². The second-order valence-corrected chi connectivity index (χ2v) is 6.59. The van der Waals surface area contributed by atoms with E-state index in [1.54, 1.807) is 29.5 Å². The van der Waals surface area contributed by atoms with Crippen LogP contribution in [0.1, 0.15) is 22.9 Å². The topological polar surface area (TPSA) is 15.6 Å². The van der Waals surface area contributed by atoms with Crippen LogP contribution in [0, 0.1) is 11.6 Å². The molecule has 0 amide bonds. The molecule has 1 atom stereocenters. The number of hydrogen-bond donors (Lipinski definition) is 0. The molecule has 1 aliphatic rings. The van der Waals surface area contributed by atoms with Gasteiger partial charge in [0, 0.05) is 11.3 Å². The van der Waals surface area contributed by atoms with Crippen LogP contribution < -0.4 is 5.01 Å². The lowest BCUT2D eigenvalue weighted by molar-refractivity contribution is 0.624. The second kappa shape index (κ2) is 6.17. The normalized spacial score (nSPS) is 17.2. The second-order valence-electron chi connectivity index (χ2n) is 5.61. The molecule has 4 rings (SSSR count). The highest BCUT2D eigenvalue weighted by Crippen LogP contribution is 2.38. The number of anilines is 1. The van der Waals surface area contributed by atoms with Gasteiger partial charge in [-0.2, -0.15) is 5.10 Å². The smallest absolute Gasteiger partial charge is 0.125 e. The summed E-state index contributed by atoms with van der Waals surface area (Å²) in [6, 6.07) is 16.8. The fourth-order valence-corrected chi connectivity index (χ4v) is 3.70. The molecule has 0 spiro atoms. The molecule has 0 bridgehead atoms. The number of thiophene rings is 1. The molecular formula is C19H14F2N2S. The lowest BCUT2D eigenvalue weighted by Gasteiger charge is -2.22. The van der Waals surface area contributed by atoms with Gasteiger partial charge in [0.2, 0.25) is 0 Å². The minimum absolute atomic E-state index is 0.0202. The van der Waals surface area contributed by atoms with Crippen LogP contribution in [0.3, 0.4) is 0 Å². The molecule has 1 aliphatic heterocycles. The maximum Gasteiger partial charge on any atom is 0.125 e. The zero-order chi connectivity index (χ0) is 16.5. The standard InChI is InChI=1S/C19H14F2N2S/c20-14-8-6-13(7-9-14)17-12-18(19-5-2-10-24-19)23(22-17)16-4-1-3-15(21)11-16/h1-11,18H,12H2. The molecule has 0 saturated carbocycles. The van der Waals surface area contributed by atoms with Gasteiger partial charge >= 0.3 is 0 Å². The van der Waals surface area contributed by atoms with Crippen molar-refractivity contribution in [1.29, 1.82) is 0 Å². The Bertz CT molecular complexity index is 873. The number of benzene rings is 2. The zero-order valence-electron chi connectivity index (χ0n) is 12.7. The SMILES string of the molecule is Fc1ccc(C2=NN(c3cccc(F)c3)C(c3cccs3)C2)cc1. The zero-order valence-corrected chi connectivity index (χ0v) is 13.5. The van der Waals surface area contributed by atoms with E-state index in [2.05, 4.69) is 6.07 Å². The highest BCUT2D eigenvalue weighted by Gasteiger charge is 2.30. The molecule has 3 aromatic rings. The van der Waals surface area contributed by atoms with E-state index in [0.29, 0.717) is 12.1 Å². The Morgan fingerprint density at radius 3 is 2.50 bits per heavy atom. The average Bonchev–Trinajstić information content (AvgIpc) is 3.25. The molecule has 5 heteroatoms. The van der Waals surface area contributed by atoms with Crippen LogP contribution in [0.25, 0.3) is 0 Å². The van der Waals surface area contributed by atoms with Crippen molar-refractivity contribution < 1.29 is 8.78 Å². The summed E-state index contributed by atoms with van der Waals surface area (Å²) >= 11 is 1.65. The molecule has 1 unspecified atom stereocenters. The van der Waals surface area contributed by atoms with Crippen molar-refractivity contribution in [2.75, 3.05) is 5.01 Å². The number of hydrazone groups is 1. The quantitative estimate of drug-likeness (QED) is 0.625. The summed E-state index contributed by atoms with van der Waals surface area (Å²) in [4.78, 5) is 1.17. The van der Waals surface area contributed by atoms with E-state index in [1.165, 1.54) is 29.1 Å². The number of halogens is 2. The van der Waals surface area contributed by atoms with Crippen molar-refractivity contribution in [2.45, 2.75) is 12.5 Å². The molecule has 0 fully saturated rings. The first kappa shape index (κ1) is 15.0. The van der Waals surface area contributed by atoms with Gasteiger partial charge in [0.25, 0.3) is 0 Å². The first-order chi connectivity index (χ1) is 11.7. The predicted molar refractivity (Wildman–Crippen MR) is 93.5 cm³/mol. The van der Waals surface area contributed by atoms with E-state index in [4.69, 9.17) is 5.10 Å². The fraction of sp³-hybridized carbons (Fsp3) is 0.105. The van der Waals surface area contributed by atoms with Crippen LogP contribution >= 0.6 is 11.3 Å². The van der Waals surface area contributed by atoms with Crippen LogP contribution in [0.4, 0.5) is 14.5 Å². The Morgan fingerprint density at radius 1 is 0.958 bits per heavy atom. The van der Waals surface area contributed by atoms with Crippen molar-refractivity contribution in [2.24, 2.45) is 5.10 Å². The molecule has 2 nitrogen and oxygen atoms in total. The van der Waals surface area contributed by atoms with E-state index >= 15 is 0 Å². The van der Waals surface area contributed by atoms with Crippen molar-refractivity contribution >= 4 is 22.7 Å². The third-order valence-corrected chi connectivity index (χ3v) is 5.01. The molecule has 0 radical (unpaired) electrons. The molecule has 120 valence electrons. The maximum absolute atomic E-state index is 13.6. The molecule has 1 aromatic heterocycles. The fourth-order valence-electron chi connectivity index (χ4n) is 2.89. The van der Waals surface area contributed by atoms with Gasteiger partial charge < -0.3 is 0 Å². The Balaban J connectivity index is 1.75. The van der Waals surface area contributed by atoms with E-state index in [1.807, 2.05) is 22.5 Å².